The largest absolute Gasteiger partial charge is 0.348 e. The predicted molar refractivity (Wildman–Crippen MR) is 78.6 cm³/mol. The van der Waals surface area contributed by atoms with Crippen molar-refractivity contribution < 1.29 is 4.79 Å². The number of carbonyl (C=O) groups excluding carboxylic acids is 1. The monoisotopic (exact) mass is 293 g/mol. The van der Waals surface area contributed by atoms with Gasteiger partial charge >= 0.3 is 0 Å². The molecule has 0 aliphatic rings. The Balaban J connectivity index is 1.96. The van der Waals surface area contributed by atoms with Gasteiger partial charge in [-0.05, 0) is 29.3 Å². The normalized spacial score (nSPS) is 10.2. The number of hydrogen-bond acceptors (Lipinski definition) is 1. The van der Waals surface area contributed by atoms with Crippen molar-refractivity contribution in [3.63, 3.8) is 0 Å². The van der Waals surface area contributed by atoms with Crippen molar-refractivity contribution in [3.05, 3.63) is 70.2 Å². The number of carbonyl (C=O) groups is 1. The SMILES string of the molecule is O=C(NCc1ccc(CCl)cc1)c1cccc(Cl)c1. The quantitative estimate of drug-likeness (QED) is 0.848. The standard InChI is InChI=1S/C15H13Cl2NO/c16-9-11-4-6-12(7-5-11)10-18-15(19)13-2-1-3-14(17)8-13/h1-8H,9-10H2,(H,18,19). The molecule has 1 N–H and O–H groups in total. The van der Waals surface area contributed by atoms with Gasteiger partial charge in [-0.25, -0.2) is 0 Å². The molecule has 0 saturated carbocycles. The van der Waals surface area contributed by atoms with Gasteiger partial charge in [0.15, 0.2) is 0 Å². The van der Waals surface area contributed by atoms with Crippen molar-refractivity contribution in [3.8, 4) is 0 Å². The molecule has 98 valence electrons. The van der Waals surface area contributed by atoms with Crippen LogP contribution in [0.15, 0.2) is 48.5 Å². The van der Waals surface area contributed by atoms with Crippen molar-refractivity contribution in [2.24, 2.45) is 0 Å². The Morgan fingerprint density at radius 2 is 1.74 bits per heavy atom. The van der Waals surface area contributed by atoms with Gasteiger partial charge in [0.05, 0.1) is 0 Å². The summed E-state index contributed by atoms with van der Waals surface area (Å²) < 4.78 is 0. The third kappa shape index (κ3) is 3.98. The highest BCUT2D eigenvalue weighted by Gasteiger charge is 2.05. The number of benzene rings is 2. The molecule has 0 atom stereocenters. The molecule has 2 aromatic carbocycles. The Labute approximate surface area is 122 Å². The molecule has 0 aliphatic carbocycles. The van der Waals surface area contributed by atoms with Crippen LogP contribution in [0.5, 0.6) is 0 Å². The molecule has 0 aliphatic heterocycles. The zero-order valence-corrected chi connectivity index (χ0v) is 11.7. The average Bonchev–Trinajstić information content (AvgIpc) is 2.45. The van der Waals surface area contributed by atoms with Gasteiger partial charge in [-0.1, -0.05) is 41.9 Å². The van der Waals surface area contributed by atoms with E-state index in [4.69, 9.17) is 23.2 Å². The number of rotatable bonds is 4. The number of nitrogens with one attached hydrogen (secondary N) is 1. The van der Waals surface area contributed by atoms with Crippen molar-refractivity contribution in [2.75, 3.05) is 0 Å². The maximum absolute atomic E-state index is 11.9. The summed E-state index contributed by atoms with van der Waals surface area (Å²) in [4.78, 5) is 11.9. The highest BCUT2D eigenvalue weighted by Crippen LogP contribution is 2.11. The summed E-state index contributed by atoms with van der Waals surface area (Å²) in [7, 11) is 0. The maximum atomic E-state index is 11.9. The van der Waals surface area contributed by atoms with Crippen molar-refractivity contribution in [1.82, 2.24) is 5.32 Å². The summed E-state index contributed by atoms with van der Waals surface area (Å²) in [6, 6.07) is 14.7. The van der Waals surface area contributed by atoms with Gasteiger partial charge in [-0.15, -0.1) is 11.6 Å². The van der Waals surface area contributed by atoms with Crippen LogP contribution in [-0.4, -0.2) is 5.91 Å². The molecule has 0 bridgehead atoms. The summed E-state index contributed by atoms with van der Waals surface area (Å²) in [6.07, 6.45) is 0. The number of amides is 1. The smallest absolute Gasteiger partial charge is 0.251 e. The second kappa shape index (κ2) is 6.60. The molecule has 0 aromatic heterocycles. The van der Waals surface area contributed by atoms with Crippen LogP contribution in [0.25, 0.3) is 0 Å². The first kappa shape index (κ1) is 13.9. The second-order valence-corrected chi connectivity index (χ2v) is 4.85. The van der Waals surface area contributed by atoms with E-state index in [0.717, 1.165) is 11.1 Å². The van der Waals surface area contributed by atoms with E-state index in [1.807, 2.05) is 24.3 Å². The van der Waals surface area contributed by atoms with E-state index < -0.39 is 0 Å². The Kier molecular flexibility index (Phi) is 4.83. The van der Waals surface area contributed by atoms with Gasteiger partial charge in [0.1, 0.15) is 0 Å². The summed E-state index contributed by atoms with van der Waals surface area (Å²) in [5, 5.41) is 3.40. The highest BCUT2D eigenvalue weighted by molar-refractivity contribution is 6.30. The summed E-state index contributed by atoms with van der Waals surface area (Å²) in [5.74, 6) is 0.360. The molecule has 4 heteroatoms. The first-order chi connectivity index (χ1) is 9.19. The van der Waals surface area contributed by atoms with Crippen LogP contribution in [0.2, 0.25) is 5.02 Å². The maximum Gasteiger partial charge on any atom is 0.251 e. The van der Waals surface area contributed by atoms with Crippen LogP contribution in [0.3, 0.4) is 0 Å². The van der Waals surface area contributed by atoms with E-state index in [1.165, 1.54) is 0 Å². The Bertz CT molecular complexity index is 567. The summed E-state index contributed by atoms with van der Waals surface area (Å²) >= 11 is 11.6. The van der Waals surface area contributed by atoms with Gasteiger partial charge in [-0.3, -0.25) is 4.79 Å². The lowest BCUT2D eigenvalue weighted by molar-refractivity contribution is 0.0951. The van der Waals surface area contributed by atoms with E-state index in [2.05, 4.69) is 5.32 Å². The molecule has 0 unspecified atom stereocenters. The first-order valence-electron chi connectivity index (χ1n) is 5.86. The Morgan fingerprint density at radius 1 is 1.05 bits per heavy atom. The van der Waals surface area contributed by atoms with Crippen LogP contribution in [-0.2, 0) is 12.4 Å². The van der Waals surface area contributed by atoms with Gasteiger partial charge in [0.25, 0.3) is 5.91 Å². The van der Waals surface area contributed by atoms with E-state index in [9.17, 15) is 4.79 Å². The van der Waals surface area contributed by atoms with Crippen LogP contribution < -0.4 is 5.32 Å². The fourth-order valence-electron chi connectivity index (χ4n) is 1.66. The van der Waals surface area contributed by atoms with E-state index >= 15 is 0 Å². The lowest BCUT2D eigenvalue weighted by Crippen LogP contribution is -2.22. The fourth-order valence-corrected chi connectivity index (χ4v) is 2.03. The molecular weight excluding hydrogens is 281 g/mol. The Morgan fingerprint density at radius 3 is 2.37 bits per heavy atom. The molecular formula is C15H13Cl2NO. The van der Waals surface area contributed by atoms with Gasteiger partial charge < -0.3 is 5.32 Å². The lowest BCUT2D eigenvalue weighted by atomic mass is 10.1. The van der Waals surface area contributed by atoms with Gasteiger partial charge in [0, 0.05) is 23.0 Å². The molecule has 2 rings (SSSR count). The van der Waals surface area contributed by atoms with Crippen molar-refractivity contribution in [1.29, 1.82) is 0 Å². The van der Waals surface area contributed by atoms with Crippen LogP contribution in [0.1, 0.15) is 21.5 Å². The highest BCUT2D eigenvalue weighted by atomic mass is 35.5. The summed E-state index contributed by atoms with van der Waals surface area (Å²) in [5.41, 5.74) is 2.65. The van der Waals surface area contributed by atoms with Crippen LogP contribution in [0.4, 0.5) is 0 Å². The van der Waals surface area contributed by atoms with Crippen LogP contribution in [0, 0.1) is 0 Å². The zero-order chi connectivity index (χ0) is 13.7. The third-order valence-corrected chi connectivity index (χ3v) is 3.26. The average molecular weight is 294 g/mol. The number of hydrogen-bond donors (Lipinski definition) is 1. The van der Waals surface area contributed by atoms with E-state index in [-0.39, 0.29) is 5.91 Å². The van der Waals surface area contributed by atoms with Crippen molar-refractivity contribution >= 4 is 29.1 Å². The summed E-state index contributed by atoms with van der Waals surface area (Å²) in [6.45, 7) is 0.480. The second-order valence-electron chi connectivity index (χ2n) is 4.14. The van der Waals surface area contributed by atoms with Crippen molar-refractivity contribution in [2.45, 2.75) is 12.4 Å². The minimum absolute atomic E-state index is 0.135. The minimum atomic E-state index is -0.135. The molecule has 0 saturated heterocycles. The first-order valence-corrected chi connectivity index (χ1v) is 6.78. The molecule has 0 radical (unpaired) electrons. The number of halogens is 2. The predicted octanol–water partition coefficient (Wildman–Crippen LogP) is 4.01. The lowest BCUT2D eigenvalue weighted by Gasteiger charge is -2.06. The molecule has 0 spiro atoms. The molecule has 0 heterocycles. The molecule has 2 aromatic rings. The van der Waals surface area contributed by atoms with Gasteiger partial charge in [-0.2, -0.15) is 0 Å². The number of alkyl halides is 1. The molecule has 0 fully saturated rings. The topological polar surface area (TPSA) is 29.1 Å². The van der Waals surface area contributed by atoms with Gasteiger partial charge in [0.2, 0.25) is 0 Å². The zero-order valence-electron chi connectivity index (χ0n) is 10.2. The molecule has 1 amide bonds. The molecule has 19 heavy (non-hydrogen) atoms. The minimum Gasteiger partial charge on any atom is -0.348 e. The fraction of sp³-hybridized carbons (Fsp3) is 0.133. The van der Waals surface area contributed by atoms with E-state index in [1.54, 1.807) is 24.3 Å². The van der Waals surface area contributed by atoms with Crippen LogP contribution >= 0.6 is 23.2 Å². The Hall–Kier alpha value is -1.51. The van der Waals surface area contributed by atoms with E-state index in [0.29, 0.717) is 23.0 Å². The molecule has 2 nitrogen and oxygen atoms in total. The third-order valence-electron chi connectivity index (χ3n) is 2.72.